The van der Waals surface area contributed by atoms with Crippen LogP contribution in [0.3, 0.4) is 0 Å². The maximum atomic E-state index is 12.7. The molecule has 1 aromatic heterocycles. The lowest BCUT2D eigenvalue weighted by atomic mass is 10.1. The van der Waals surface area contributed by atoms with Crippen molar-refractivity contribution in [1.82, 2.24) is 14.8 Å². The summed E-state index contributed by atoms with van der Waals surface area (Å²) in [4.78, 5) is 45.0. The molecule has 1 fully saturated rings. The van der Waals surface area contributed by atoms with Gasteiger partial charge in [0, 0.05) is 51.3 Å². The third-order valence-corrected chi connectivity index (χ3v) is 4.43. The van der Waals surface area contributed by atoms with Crippen molar-refractivity contribution < 1.29 is 14.4 Å². The molecule has 0 saturated carbocycles. The third-order valence-electron chi connectivity index (χ3n) is 4.43. The molecule has 1 aromatic carbocycles. The number of amides is 3. The fourth-order valence-electron chi connectivity index (χ4n) is 2.85. The van der Waals surface area contributed by atoms with Crippen LogP contribution < -0.4 is 4.90 Å². The Labute approximate surface area is 151 Å². The first-order valence-electron chi connectivity index (χ1n) is 8.37. The number of nitrogens with zero attached hydrogens (tertiary/aromatic N) is 4. The summed E-state index contributed by atoms with van der Waals surface area (Å²) in [5, 5.41) is 0. The first kappa shape index (κ1) is 17.6. The molecule has 2 heterocycles. The number of hydrogen-bond acceptors (Lipinski definition) is 4. The lowest BCUT2D eigenvalue weighted by Crippen LogP contribution is -2.48. The van der Waals surface area contributed by atoms with Gasteiger partial charge >= 0.3 is 0 Å². The fourth-order valence-corrected chi connectivity index (χ4v) is 2.85. The van der Waals surface area contributed by atoms with Crippen LogP contribution in [0.15, 0.2) is 48.8 Å². The molecule has 3 amide bonds. The molecule has 134 valence electrons. The summed E-state index contributed by atoms with van der Waals surface area (Å²) in [6.45, 7) is 1.97. The zero-order valence-corrected chi connectivity index (χ0v) is 14.5. The van der Waals surface area contributed by atoms with Gasteiger partial charge in [0.2, 0.25) is 6.41 Å². The average molecular weight is 352 g/mol. The Morgan fingerprint density at radius 3 is 2.35 bits per heavy atom. The van der Waals surface area contributed by atoms with Crippen molar-refractivity contribution >= 4 is 23.9 Å². The van der Waals surface area contributed by atoms with Crippen LogP contribution in [0.1, 0.15) is 20.7 Å². The average Bonchev–Trinajstić information content (AvgIpc) is 2.73. The van der Waals surface area contributed by atoms with Gasteiger partial charge in [0.15, 0.2) is 0 Å². The minimum absolute atomic E-state index is 0.180. The van der Waals surface area contributed by atoms with Gasteiger partial charge in [-0.3, -0.25) is 19.4 Å². The van der Waals surface area contributed by atoms with Gasteiger partial charge in [-0.25, -0.2) is 0 Å². The molecular weight excluding hydrogens is 332 g/mol. The first-order chi connectivity index (χ1) is 12.6. The van der Waals surface area contributed by atoms with E-state index < -0.39 is 0 Å². The summed E-state index contributed by atoms with van der Waals surface area (Å²) in [5.74, 6) is -0.413. The molecule has 2 aromatic rings. The maximum absolute atomic E-state index is 12.7. The standard InChI is InChI=1S/C19H20N4O3/c1-21(17-5-3-2-4-6-17)18(25)15-11-16(13-20-12-15)19(26)23-9-7-22(14-24)8-10-23/h2-6,11-14H,7-10H2,1H3. The normalized spacial score (nSPS) is 14.0. The molecule has 0 atom stereocenters. The third kappa shape index (κ3) is 3.72. The van der Waals surface area contributed by atoms with Crippen LogP contribution in [0.5, 0.6) is 0 Å². The van der Waals surface area contributed by atoms with E-state index in [1.54, 1.807) is 22.9 Å². The maximum Gasteiger partial charge on any atom is 0.259 e. The molecule has 1 aliphatic rings. The minimum Gasteiger partial charge on any atom is -0.342 e. The molecule has 1 aliphatic heterocycles. The van der Waals surface area contributed by atoms with Crippen molar-refractivity contribution in [2.45, 2.75) is 0 Å². The number of benzene rings is 1. The predicted molar refractivity (Wildman–Crippen MR) is 97.0 cm³/mol. The van der Waals surface area contributed by atoms with Gasteiger partial charge in [0.1, 0.15) is 0 Å². The van der Waals surface area contributed by atoms with Crippen molar-refractivity contribution in [2.24, 2.45) is 0 Å². The summed E-state index contributed by atoms with van der Waals surface area (Å²) in [7, 11) is 1.69. The van der Waals surface area contributed by atoms with Gasteiger partial charge < -0.3 is 14.7 Å². The van der Waals surface area contributed by atoms with Crippen molar-refractivity contribution in [2.75, 3.05) is 38.1 Å². The second-order valence-corrected chi connectivity index (χ2v) is 6.10. The lowest BCUT2D eigenvalue weighted by molar-refractivity contribution is -0.119. The van der Waals surface area contributed by atoms with E-state index in [9.17, 15) is 14.4 Å². The monoisotopic (exact) mass is 352 g/mol. The van der Waals surface area contributed by atoms with Crippen LogP contribution in [-0.4, -0.2) is 66.2 Å². The number of hydrogen-bond donors (Lipinski definition) is 0. The molecule has 0 aliphatic carbocycles. The summed E-state index contributed by atoms with van der Waals surface area (Å²) in [6, 6.07) is 10.8. The van der Waals surface area contributed by atoms with Crippen LogP contribution in [-0.2, 0) is 4.79 Å². The first-order valence-corrected chi connectivity index (χ1v) is 8.37. The molecule has 0 N–H and O–H groups in total. The zero-order valence-electron chi connectivity index (χ0n) is 14.5. The molecule has 7 heteroatoms. The lowest BCUT2D eigenvalue weighted by Gasteiger charge is -2.32. The van der Waals surface area contributed by atoms with Crippen LogP contribution in [0, 0.1) is 0 Å². The van der Waals surface area contributed by atoms with Gasteiger partial charge in [0.25, 0.3) is 11.8 Å². The van der Waals surface area contributed by atoms with Gasteiger partial charge in [-0.1, -0.05) is 18.2 Å². The molecule has 7 nitrogen and oxygen atoms in total. The second-order valence-electron chi connectivity index (χ2n) is 6.10. The number of carbonyl (C=O) groups is 3. The summed E-state index contributed by atoms with van der Waals surface area (Å²) >= 11 is 0. The molecule has 0 radical (unpaired) electrons. The highest BCUT2D eigenvalue weighted by Crippen LogP contribution is 2.16. The Morgan fingerprint density at radius 1 is 1.04 bits per heavy atom. The minimum atomic E-state index is -0.232. The van der Waals surface area contributed by atoms with E-state index in [4.69, 9.17) is 0 Å². The Morgan fingerprint density at radius 2 is 1.69 bits per heavy atom. The number of pyridine rings is 1. The zero-order chi connectivity index (χ0) is 18.5. The van der Waals surface area contributed by atoms with Gasteiger partial charge in [-0.05, 0) is 18.2 Å². The number of piperazine rings is 1. The molecule has 0 spiro atoms. The highest BCUT2D eigenvalue weighted by Gasteiger charge is 2.23. The Kier molecular flexibility index (Phi) is 5.26. The molecule has 0 unspecified atom stereocenters. The van der Waals surface area contributed by atoms with E-state index in [1.165, 1.54) is 17.3 Å². The van der Waals surface area contributed by atoms with E-state index in [-0.39, 0.29) is 11.8 Å². The van der Waals surface area contributed by atoms with Crippen molar-refractivity contribution in [3.63, 3.8) is 0 Å². The van der Waals surface area contributed by atoms with Gasteiger partial charge in [0.05, 0.1) is 11.1 Å². The fraction of sp³-hybridized carbons (Fsp3) is 0.263. The van der Waals surface area contributed by atoms with Crippen LogP contribution in [0.25, 0.3) is 0 Å². The number of para-hydroxylation sites is 1. The smallest absolute Gasteiger partial charge is 0.259 e. The molecular formula is C19H20N4O3. The summed E-state index contributed by atoms with van der Waals surface area (Å²) in [6.07, 6.45) is 3.72. The number of anilines is 1. The largest absolute Gasteiger partial charge is 0.342 e. The number of carbonyl (C=O) groups excluding carboxylic acids is 3. The Balaban J connectivity index is 1.74. The van der Waals surface area contributed by atoms with E-state index in [1.807, 2.05) is 30.3 Å². The van der Waals surface area contributed by atoms with Crippen LogP contribution >= 0.6 is 0 Å². The summed E-state index contributed by atoms with van der Waals surface area (Å²) in [5.41, 5.74) is 1.49. The van der Waals surface area contributed by atoms with E-state index in [0.29, 0.717) is 37.3 Å². The Bertz CT molecular complexity index is 801. The van der Waals surface area contributed by atoms with Crippen LogP contribution in [0.2, 0.25) is 0 Å². The van der Waals surface area contributed by atoms with Crippen molar-refractivity contribution in [3.05, 3.63) is 59.9 Å². The number of rotatable bonds is 4. The topological polar surface area (TPSA) is 73.8 Å². The van der Waals surface area contributed by atoms with Crippen molar-refractivity contribution in [3.8, 4) is 0 Å². The SMILES string of the molecule is CN(C(=O)c1cncc(C(=O)N2CCN(C=O)CC2)c1)c1ccccc1. The molecule has 1 saturated heterocycles. The van der Waals surface area contributed by atoms with E-state index >= 15 is 0 Å². The molecule has 26 heavy (non-hydrogen) atoms. The van der Waals surface area contributed by atoms with Crippen LogP contribution in [0.4, 0.5) is 5.69 Å². The van der Waals surface area contributed by atoms with E-state index in [2.05, 4.69) is 4.98 Å². The van der Waals surface area contributed by atoms with Gasteiger partial charge in [-0.2, -0.15) is 0 Å². The highest BCUT2D eigenvalue weighted by atomic mass is 16.2. The highest BCUT2D eigenvalue weighted by molar-refractivity contribution is 6.07. The quantitative estimate of drug-likeness (QED) is 0.777. The number of aromatic nitrogens is 1. The Hall–Kier alpha value is -3.22. The molecule has 3 rings (SSSR count). The van der Waals surface area contributed by atoms with Gasteiger partial charge in [-0.15, -0.1) is 0 Å². The predicted octanol–water partition coefficient (Wildman–Crippen LogP) is 1.27. The summed E-state index contributed by atoms with van der Waals surface area (Å²) < 4.78 is 0. The second kappa shape index (κ2) is 7.77. The van der Waals surface area contributed by atoms with Crippen molar-refractivity contribution in [1.29, 1.82) is 0 Å². The van der Waals surface area contributed by atoms with E-state index in [0.717, 1.165) is 12.1 Å². The molecule has 0 bridgehead atoms.